The molecule has 0 aliphatic rings. The third kappa shape index (κ3) is 1.13. The van der Waals surface area contributed by atoms with Gasteiger partial charge in [0, 0.05) is 0 Å². The molecule has 0 aliphatic carbocycles. The average Bonchev–Trinajstić information content (AvgIpc) is 2.50. The number of hydrogen-bond acceptors (Lipinski definition) is 3. The van der Waals surface area contributed by atoms with Crippen molar-refractivity contribution < 1.29 is 5.11 Å². The molecule has 0 radical (unpaired) electrons. The number of thiophene rings is 1. The number of nitrogens with zero attached hydrogens (tertiary/aromatic N) is 1. The second kappa shape index (κ2) is 2.60. The van der Waals surface area contributed by atoms with Crippen molar-refractivity contribution in [1.29, 1.82) is 0 Å². The molecule has 56 valence electrons. The highest BCUT2D eigenvalue weighted by Crippen LogP contribution is 2.18. The molecule has 0 saturated heterocycles. The lowest BCUT2D eigenvalue weighted by atomic mass is 10.3. The van der Waals surface area contributed by atoms with Gasteiger partial charge in [-0.1, -0.05) is 0 Å². The highest BCUT2D eigenvalue weighted by Gasteiger charge is 1.96. The number of hydrogen-bond donors (Lipinski definition) is 1. The van der Waals surface area contributed by atoms with Crippen LogP contribution in [0.3, 0.4) is 0 Å². The maximum atomic E-state index is 8.78. The third-order valence-corrected chi connectivity index (χ3v) is 2.40. The zero-order valence-electron chi connectivity index (χ0n) is 5.82. The fourth-order valence-corrected chi connectivity index (χ4v) is 1.71. The molecule has 0 bridgehead atoms. The second-order valence-corrected chi connectivity index (χ2v) is 3.21. The van der Waals surface area contributed by atoms with Crippen LogP contribution in [0.5, 0.6) is 0 Å². The summed E-state index contributed by atoms with van der Waals surface area (Å²) in [6, 6.07) is 5.79. The summed E-state index contributed by atoms with van der Waals surface area (Å²) >= 11 is 1.66. The quantitative estimate of drug-likeness (QED) is 0.698. The Morgan fingerprint density at radius 2 is 2.27 bits per heavy atom. The Hall–Kier alpha value is -0.930. The maximum Gasteiger partial charge on any atom is 0.0853 e. The summed E-state index contributed by atoms with van der Waals surface area (Å²) in [7, 11) is 0. The molecule has 2 aromatic rings. The van der Waals surface area contributed by atoms with Gasteiger partial charge < -0.3 is 5.11 Å². The summed E-state index contributed by atoms with van der Waals surface area (Å²) in [5, 5.41) is 10.8. The van der Waals surface area contributed by atoms with Crippen LogP contribution in [0.4, 0.5) is 0 Å². The molecule has 0 aromatic carbocycles. The molecule has 0 saturated carbocycles. The first kappa shape index (κ1) is 6.76. The van der Waals surface area contributed by atoms with Gasteiger partial charge in [-0.25, -0.2) is 4.98 Å². The number of aliphatic hydroxyl groups is 1. The van der Waals surface area contributed by atoms with Crippen molar-refractivity contribution in [3.63, 3.8) is 0 Å². The van der Waals surface area contributed by atoms with Gasteiger partial charge in [0.25, 0.3) is 0 Å². The van der Waals surface area contributed by atoms with Crippen molar-refractivity contribution >= 4 is 21.6 Å². The number of rotatable bonds is 1. The van der Waals surface area contributed by atoms with Gasteiger partial charge in [-0.05, 0) is 23.6 Å². The van der Waals surface area contributed by atoms with Crippen molar-refractivity contribution in [2.75, 3.05) is 0 Å². The minimum Gasteiger partial charge on any atom is -0.390 e. The smallest absolute Gasteiger partial charge is 0.0853 e. The fourth-order valence-electron chi connectivity index (χ4n) is 0.983. The van der Waals surface area contributed by atoms with Crippen LogP contribution in [0, 0.1) is 0 Å². The molecule has 2 heterocycles. The molecule has 0 aliphatic heterocycles. The van der Waals surface area contributed by atoms with Crippen LogP contribution in [0.25, 0.3) is 10.2 Å². The summed E-state index contributed by atoms with van der Waals surface area (Å²) in [4.78, 5) is 4.21. The van der Waals surface area contributed by atoms with Gasteiger partial charge in [0.2, 0.25) is 0 Å². The Balaban J connectivity index is 2.67. The van der Waals surface area contributed by atoms with Crippen LogP contribution in [0.15, 0.2) is 23.6 Å². The van der Waals surface area contributed by atoms with E-state index in [0.29, 0.717) is 0 Å². The lowest BCUT2D eigenvalue weighted by molar-refractivity contribution is 0.277. The van der Waals surface area contributed by atoms with Gasteiger partial charge in [-0.15, -0.1) is 11.3 Å². The van der Waals surface area contributed by atoms with Crippen LogP contribution >= 0.6 is 11.3 Å². The number of aromatic nitrogens is 1. The van der Waals surface area contributed by atoms with Crippen LogP contribution in [-0.4, -0.2) is 10.1 Å². The summed E-state index contributed by atoms with van der Waals surface area (Å²) < 4.78 is 1.17. The van der Waals surface area contributed by atoms with Gasteiger partial charge in [0.1, 0.15) is 0 Å². The molecule has 3 heteroatoms. The van der Waals surface area contributed by atoms with E-state index >= 15 is 0 Å². The van der Waals surface area contributed by atoms with E-state index in [9.17, 15) is 0 Å². The third-order valence-electron chi connectivity index (χ3n) is 1.53. The van der Waals surface area contributed by atoms with Gasteiger partial charge in [0.15, 0.2) is 0 Å². The standard InChI is InChI=1S/C8H7NOS/c10-5-6-1-2-8-7(9-6)3-4-11-8/h1-4,10H,5H2. The molecular formula is C8H7NOS. The van der Waals surface area contributed by atoms with E-state index in [4.69, 9.17) is 5.11 Å². The molecular weight excluding hydrogens is 158 g/mol. The van der Waals surface area contributed by atoms with Crippen molar-refractivity contribution in [3.8, 4) is 0 Å². The van der Waals surface area contributed by atoms with E-state index in [0.717, 1.165) is 11.2 Å². The van der Waals surface area contributed by atoms with Crippen LogP contribution in [0.2, 0.25) is 0 Å². The van der Waals surface area contributed by atoms with Gasteiger partial charge in [-0.3, -0.25) is 0 Å². The molecule has 0 fully saturated rings. The monoisotopic (exact) mass is 165 g/mol. The molecule has 0 spiro atoms. The zero-order valence-corrected chi connectivity index (χ0v) is 6.64. The number of fused-ring (bicyclic) bond motifs is 1. The van der Waals surface area contributed by atoms with Crippen molar-refractivity contribution in [1.82, 2.24) is 4.98 Å². The molecule has 1 N–H and O–H groups in total. The summed E-state index contributed by atoms with van der Waals surface area (Å²) in [6.45, 7) is 0.0196. The van der Waals surface area contributed by atoms with Gasteiger partial charge in [-0.2, -0.15) is 0 Å². The second-order valence-electron chi connectivity index (χ2n) is 2.26. The van der Waals surface area contributed by atoms with E-state index in [1.54, 1.807) is 11.3 Å². The van der Waals surface area contributed by atoms with Crippen LogP contribution in [-0.2, 0) is 6.61 Å². The molecule has 2 aromatic heterocycles. The molecule has 2 rings (SSSR count). The minimum absolute atomic E-state index is 0.0196. The molecule has 2 nitrogen and oxygen atoms in total. The summed E-state index contributed by atoms with van der Waals surface area (Å²) in [6.07, 6.45) is 0. The van der Waals surface area contributed by atoms with Gasteiger partial charge >= 0.3 is 0 Å². The number of pyridine rings is 1. The van der Waals surface area contributed by atoms with Gasteiger partial charge in [0.05, 0.1) is 22.5 Å². The van der Waals surface area contributed by atoms with E-state index in [1.807, 2.05) is 23.6 Å². The Morgan fingerprint density at radius 3 is 3.09 bits per heavy atom. The number of aliphatic hydroxyl groups excluding tert-OH is 1. The zero-order chi connectivity index (χ0) is 7.68. The maximum absolute atomic E-state index is 8.78. The predicted octanol–water partition coefficient (Wildman–Crippen LogP) is 1.79. The van der Waals surface area contributed by atoms with E-state index in [-0.39, 0.29) is 6.61 Å². The SMILES string of the molecule is OCc1ccc2sccc2n1. The minimum atomic E-state index is 0.0196. The Morgan fingerprint density at radius 1 is 1.36 bits per heavy atom. The topological polar surface area (TPSA) is 33.1 Å². The predicted molar refractivity (Wildman–Crippen MR) is 45.5 cm³/mol. The van der Waals surface area contributed by atoms with E-state index < -0.39 is 0 Å². The van der Waals surface area contributed by atoms with Crippen molar-refractivity contribution in [2.45, 2.75) is 6.61 Å². The first-order valence-corrected chi connectivity index (χ1v) is 4.22. The normalized spacial score (nSPS) is 10.6. The fraction of sp³-hybridized carbons (Fsp3) is 0.125. The highest BCUT2D eigenvalue weighted by atomic mass is 32.1. The average molecular weight is 165 g/mol. The van der Waals surface area contributed by atoms with Crippen LogP contribution < -0.4 is 0 Å². The highest BCUT2D eigenvalue weighted by molar-refractivity contribution is 7.17. The Bertz CT molecular complexity index is 369. The van der Waals surface area contributed by atoms with Crippen LogP contribution in [0.1, 0.15) is 5.69 Å². The van der Waals surface area contributed by atoms with Crippen molar-refractivity contribution in [3.05, 3.63) is 29.3 Å². The summed E-state index contributed by atoms with van der Waals surface area (Å²) in [5.41, 5.74) is 1.71. The summed E-state index contributed by atoms with van der Waals surface area (Å²) in [5.74, 6) is 0. The largest absolute Gasteiger partial charge is 0.390 e. The molecule has 0 unspecified atom stereocenters. The first-order valence-electron chi connectivity index (χ1n) is 3.34. The lowest BCUT2D eigenvalue weighted by Crippen LogP contribution is -1.86. The molecule has 0 amide bonds. The first-order chi connectivity index (χ1) is 5.40. The van der Waals surface area contributed by atoms with Crippen molar-refractivity contribution in [2.24, 2.45) is 0 Å². The molecule has 11 heavy (non-hydrogen) atoms. The Labute approximate surface area is 68.1 Å². The Kier molecular flexibility index (Phi) is 1.60. The van der Waals surface area contributed by atoms with E-state index in [2.05, 4.69) is 4.98 Å². The van der Waals surface area contributed by atoms with E-state index in [1.165, 1.54) is 4.70 Å². The lowest BCUT2D eigenvalue weighted by Gasteiger charge is -1.93. The molecule has 0 atom stereocenters.